The van der Waals surface area contributed by atoms with Crippen LogP contribution < -0.4 is 4.90 Å². The van der Waals surface area contributed by atoms with Crippen molar-refractivity contribution in [2.45, 2.75) is 18.8 Å². The Morgan fingerprint density at radius 2 is 1.79 bits per heavy atom. The predicted octanol–water partition coefficient (Wildman–Crippen LogP) is 5.46. The van der Waals surface area contributed by atoms with Gasteiger partial charge in [-0.25, -0.2) is 4.58 Å². The number of nitrogens with zero attached hydrogens (tertiary/aromatic N) is 2. The zero-order chi connectivity index (χ0) is 20.0. The molecule has 3 heteroatoms. The van der Waals surface area contributed by atoms with Crippen molar-refractivity contribution in [1.82, 2.24) is 0 Å². The van der Waals surface area contributed by atoms with Crippen LogP contribution in [0.25, 0.3) is 10.8 Å². The average Bonchev–Trinajstić information content (AvgIpc) is 3.23. The van der Waals surface area contributed by atoms with Gasteiger partial charge in [-0.05, 0) is 41.3 Å². The van der Waals surface area contributed by atoms with E-state index in [1.165, 1.54) is 44.1 Å². The molecule has 29 heavy (non-hydrogen) atoms. The van der Waals surface area contributed by atoms with Gasteiger partial charge in [0.15, 0.2) is 6.54 Å². The number of hydrogen-bond acceptors (Lipinski definition) is 2. The van der Waals surface area contributed by atoms with Crippen molar-refractivity contribution < 1.29 is 4.58 Å². The Morgan fingerprint density at radius 3 is 2.55 bits per heavy atom. The standard InChI is InChI=1S/C26H27N2S/c1-26(18-19-9-5-4-6-10-19)23(17-24-27(2)15-16-29-24)28(3)22-14-13-20-11-7-8-12-21(20)25(22)26/h4-14,17H,15-16,18H2,1-3H3/q+1. The zero-order valence-electron chi connectivity index (χ0n) is 17.4. The number of thioether (sulfide) groups is 1. The lowest BCUT2D eigenvalue weighted by Crippen LogP contribution is -2.30. The van der Waals surface area contributed by atoms with E-state index in [2.05, 4.69) is 103 Å². The minimum Gasteiger partial charge on any atom is -0.347 e. The third-order valence-electron chi connectivity index (χ3n) is 6.46. The van der Waals surface area contributed by atoms with Crippen molar-refractivity contribution >= 4 is 33.3 Å². The predicted molar refractivity (Wildman–Crippen MR) is 126 cm³/mol. The first-order valence-electron chi connectivity index (χ1n) is 10.3. The Hall–Kier alpha value is -2.52. The molecule has 0 saturated carbocycles. The molecule has 0 N–H and O–H groups in total. The highest BCUT2D eigenvalue weighted by Gasteiger charge is 2.44. The van der Waals surface area contributed by atoms with E-state index in [1.54, 1.807) is 0 Å². The quantitative estimate of drug-likeness (QED) is 0.539. The summed E-state index contributed by atoms with van der Waals surface area (Å²) in [7, 11) is 4.44. The van der Waals surface area contributed by atoms with Crippen molar-refractivity contribution in [3.05, 3.63) is 89.6 Å². The summed E-state index contributed by atoms with van der Waals surface area (Å²) in [6.07, 6.45) is 3.43. The molecule has 0 aliphatic carbocycles. The van der Waals surface area contributed by atoms with Crippen LogP contribution in [0.2, 0.25) is 0 Å². The van der Waals surface area contributed by atoms with E-state index in [1.807, 2.05) is 11.8 Å². The van der Waals surface area contributed by atoms with Crippen molar-refractivity contribution in [3.8, 4) is 0 Å². The van der Waals surface area contributed by atoms with Gasteiger partial charge in [-0.3, -0.25) is 0 Å². The van der Waals surface area contributed by atoms with Gasteiger partial charge in [-0.1, -0.05) is 72.4 Å². The average molecular weight is 400 g/mol. The van der Waals surface area contributed by atoms with Crippen LogP contribution in [0.15, 0.2) is 78.5 Å². The highest BCUT2D eigenvalue weighted by Crippen LogP contribution is 2.52. The second-order valence-electron chi connectivity index (χ2n) is 8.37. The highest BCUT2D eigenvalue weighted by atomic mass is 32.2. The monoisotopic (exact) mass is 399 g/mol. The van der Waals surface area contributed by atoms with Crippen LogP contribution in [0.3, 0.4) is 0 Å². The van der Waals surface area contributed by atoms with E-state index in [4.69, 9.17) is 0 Å². The summed E-state index contributed by atoms with van der Waals surface area (Å²) >= 11 is 1.97. The van der Waals surface area contributed by atoms with Crippen molar-refractivity contribution in [3.63, 3.8) is 0 Å². The lowest BCUT2D eigenvalue weighted by atomic mass is 9.74. The van der Waals surface area contributed by atoms with E-state index in [-0.39, 0.29) is 5.41 Å². The number of benzene rings is 3. The molecule has 2 heterocycles. The summed E-state index contributed by atoms with van der Waals surface area (Å²) in [5, 5.41) is 4.07. The Morgan fingerprint density at radius 1 is 1.03 bits per heavy atom. The van der Waals surface area contributed by atoms with Gasteiger partial charge in [-0.2, -0.15) is 0 Å². The van der Waals surface area contributed by atoms with Crippen LogP contribution in [0, 0.1) is 0 Å². The van der Waals surface area contributed by atoms with Crippen LogP contribution in [0.5, 0.6) is 0 Å². The zero-order valence-corrected chi connectivity index (χ0v) is 18.2. The molecule has 3 aromatic rings. The summed E-state index contributed by atoms with van der Waals surface area (Å²) in [4.78, 5) is 2.42. The molecular formula is C26H27N2S+. The topological polar surface area (TPSA) is 6.25 Å². The molecule has 0 saturated heterocycles. The molecule has 2 aliphatic heterocycles. The maximum atomic E-state index is 2.44. The molecule has 0 amide bonds. The van der Waals surface area contributed by atoms with E-state index in [9.17, 15) is 0 Å². The van der Waals surface area contributed by atoms with Gasteiger partial charge in [0.1, 0.15) is 7.05 Å². The van der Waals surface area contributed by atoms with Crippen molar-refractivity contribution in [1.29, 1.82) is 0 Å². The van der Waals surface area contributed by atoms with E-state index < -0.39 is 0 Å². The van der Waals surface area contributed by atoms with E-state index in [0.29, 0.717) is 0 Å². The van der Waals surface area contributed by atoms with E-state index >= 15 is 0 Å². The van der Waals surface area contributed by atoms with Crippen molar-refractivity contribution in [2.24, 2.45) is 0 Å². The van der Waals surface area contributed by atoms with E-state index in [0.717, 1.165) is 13.0 Å². The maximum absolute atomic E-state index is 2.44. The molecule has 0 radical (unpaired) electrons. The van der Waals surface area contributed by atoms with Crippen LogP contribution in [-0.2, 0) is 11.8 Å². The maximum Gasteiger partial charge on any atom is 0.236 e. The van der Waals surface area contributed by atoms with Crippen LogP contribution >= 0.6 is 11.8 Å². The molecule has 0 spiro atoms. The molecule has 1 atom stereocenters. The summed E-state index contributed by atoms with van der Waals surface area (Å²) in [6.45, 7) is 3.56. The van der Waals surface area contributed by atoms with Gasteiger partial charge in [0, 0.05) is 29.9 Å². The number of fused-ring (bicyclic) bond motifs is 3. The molecule has 0 aromatic heterocycles. The van der Waals surface area contributed by atoms with Crippen LogP contribution in [-0.4, -0.2) is 36.0 Å². The molecule has 2 aliphatic rings. The van der Waals surface area contributed by atoms with Crippen LogP contribution in [0.1, 0.15) is 18.1 Å². The van der Waals surface area contributed by atoms with Gasteiger partial charge < -0.3 is 4.90 Å². The summed E-state index contributed by atoms with van der Waals surface area (Å²) in [5.74, 6) is 1.17. The summed E-state index contributed by atoms with van der Waals surface area (Å²) in [5.41, 5.74) is 5.49. The molecular weight excluding hydrogens is 372 g/mol. The normalized spacial score (nSPS) is 22.7. The largest absolute Gasteiger partial charge is 0.347 e. The second kappa shape index (κ2) is 7.07. The lowest BCUT2D eigenvalue weighted by Gasteiger charge is -2.29. The number of likely N-dealkylation sites (N-methyl/N-ethyl adjacent to an activating group) is 1. The van der Waals surface area contributed by atoms with Gasteiger partial charge in [0.25, 0.3) is 0 Å². The lowest BCUT2D eigenvalue weighted by molar-refractivity contribution is -0.485. The molecule has 3 aromatic carbocycles. The third kappa shape index (κ3) is 3.00. The SMILES string of the molecule is CN1C(=CC2=[N+](C)CCS2)C(C)(Cc2ccccc2)c2c1ccc1ccccc21. The Labute approximate surface area is 177 Å². The number of anilines is 1. The molecule has 2 nitrogen and oxygen atoms in total. The molecule has 146 valence electrons. The first-order chi connectivity index (χ1) is 14.1. The highest BCUT2D eigenvalue weighted by molar-refractivity contribution is 8.14. The second-order valence-corrected chi connectivity index (χ2v) is 9.49. The Kier molecular flexibility index (Phi) is 4.51. The molecule has 0 fully saturated rings. The molecule has 1 unspecified atom stereocenters. The van der Waals surface area contributed by atoms with Gasteiger partial charge in [-0.15, -0.1) is 0 Å². The molecule has 0 bridgehead atoms. The van der Waals surface area contributed by atoms with Gasteiger partial charge in [0.05, 0.1) is 5.75 Å². The fraction of sp³-hybridized carbons (Fsp3) is 0.269. The van der Waals surface area contributed by atoms with Gasteiger partial charge >= 0.3 is 0 Å². The first-order valence-corrected chi connectivity index (χ1v) is 11.3. The number of rotatable bonds is 3. The fourth-order valence-corrected chi connectivity index (χ4v) is 6.04. The fourth-order valence-electron chi connectivity index (χ4n) is 4.96. The Balaban J connectivity index is 1.76. The molecule has 5 rings (SSSR count). The van der Waals surface area contributed by atoms with Crippen molar-refractivity contribution in [2.75, 3.05) is 31.3 Å². The summed E-state index contributed by atoms with van der Waals surface area (Å²) in [6, 6.07) is 24.3. The first kappa shape index (κ1) is 18.5. The Bertz CT molecular complexity index is 1150. The minimum absolute atomic E-state index is 0.0801. The minimum atomic E-state index is -0.0801. The third-order valence-corrected chi connectivity index (χ3v) is 7.57. The van der Waals surface area contributed by atoms with Crippen LogP contribution in [0.4, 0.5) is 5.69 Å². The number of hydrogen-bond donors (Lipinski definition) is 0. The smallest absolute Gasteiger partial charge is 0.236 e. The van der Waals surface area contributed by atoms with Gasteiger partial charge in [0.2, 0.25) is 5.04 Å². The number of allylic oxidation sites excluding steroid dienone is 1. The summed E-state index contributed by atoms with van der Waals surface area (Å²) < 4.78 is 2.38.